The molecule has 1 aromatic carbocycles. The fourth-order valence-corrected chi connectivity index (χ4v) is 2.97. The predicted octanol–water partition coefficient (Wildman–Crippen LogP) is 3.16. The van der Waals surface area contributed by atoms with Crippen molar-refractivity contribution in [3.8, 4) is 0 Å². The van der Waals surface area contributed by atoms with Gasteiger partial charge >= 0.3 is 0 Å². The summed E-state index contributed by atoms with van der Waals surface area (Å²) >= 11 is 0. The molecule has 21 heavy (non-hydrogen) atoms. The summed E-state index contributed by atoms with van der Waals surface area (Å²) in [6.07, 6.45) is 1.59. The van der Waals surface area contributed by atoms with Crippen LogP contribution in [-0.4, -0.2) is 30.2 Å². The maximum absolute atomic E-state index is 11.8. The van der Waals surface area contributed by atoms with Gasteiger partial charge in [0.25, 0.3) is 0 Å². The van der Waals surface area contributed by atoms with Gasteiger partial charge in [-0.05, 0) is 36.6 Å². The highest BCUT2D eigenvalue weighted by Crippen LogP contribution is 2.39. The zero-order valence-corrected chi connectivity index (χ0v) is 12.5. The van der Waals surface area contributed by atoms with Crippen molar-refractivity contribution >= 4 is 11.4 Å². The van der Waals surface area contributed by atoms with E-state index in [4.69, 9.17) is 9.47 Å². The molecule has 1 fully saturated rings. The number of hydrogen-bond acceptors (Lipinski definition) is 3. The third kappa shape index (κ3) is 2.47. The van der Waals surface area contributed by atoms with Crippen molar-refractivity contribution in [3.05, 3.63) is 54.1 Å². The molecule has 0 amide bonds. The average molecular weight is 284 g/mol. The summed E-state index contributed by atoms with van der Waals surface area (Å²) in [7, 11) is 0. The van der Waals surface area contributed by atoms with E-state index >= 15 is 0 Å². The Labute approximate surface area is 125 Å². The lowest BCUT2D eigenvalue weighted by atomic mass is 9.81. The third-order valence-corrected chi connectivity index (χ3v) is 4.56. The summed E-state index contributed by atoms with van der Waals surface area (Å²) in [6, 6.07) is 9.95. The molecule has 0 saturated carbocycles. The molecule has 0 radical (unpaired) electrons. The molecule has 0 aromatic heterocycles. The van der Waals surface area contributed by atoms with Gasteiger partial charge in [0, 0.05) is 6.42 Å². The topological polar surface area (TPSA) is 35.5 Å². The molecular formula is C18H20O3. The fraction of sp³-hybridized carbons (Fsp3) is 0.389. The van der Waals surface area contributed by atoms with Crippen molar-refractivity contribution in [1.29, 1.82) is 0 Å². The van der Waals surface area contributed by atoms with Gasteiger partial charge in [-0.25, -0.2) is 0 Å². The number of carbonyl (C=O) groups is 1. The summed E-state index contributed by atoms with van der Waals surface area (Å²) in [4.78, 5) is 11.8. The first-order valence-electron chi connectivity index (χ1n) is 7.26. The molecule has 1 aliphatic carbocycles. The van der Waals surface area contributed by atoms with Gasteiger partial charge in [-0.3, -0.25) is 4.79 Å². The highest BCUT2D eigenvalue weighted by molar-refractivity contribution is 5.92. The van der Waals surface area contributed by atoms with Crippen LogP contribution in [0.5, 0.6) is 0 Å². The molecular weight excluding hydrogens is 264 g/mol. The fourth-order valence-electron chi connectivity index (χ4n) is 2.97. The molecule has 3 nitrogen and oxygen atoms in total. The molecule has 2 aliphatic rings. The standard InChI is InChI=1S/C18H20O3/c1-12-9-15(19)10-17-18(12,3)20-11-16(21-17)13(2)14-7-5-4-6-8-14/h4-9,16-17H,2,10-11H2,1,3H3/t16-,17-,18+/m1/s1. The Bertz CT molecular complexity index is 602. The number of hydrogen-bond donors (Lipinski definition) is 0. The highest BCUT2D eigenvalue weighted by atomic mass is 16.6. The average Bonchev–Trinajstić information content (AvgIpc) is 2.48. The van der Waals surface area contributed by atoms with Crippen molar-refractivity contribution in [2.75, 3.05) is 6.61 Å². The van der Waals surface area contributed by atoms with Crippen LogP contribution in [0.2, 0.25) is 0 Å². The Morgan fingerprint density at radius 1 is 1.33 bits per heavy atom. The van der Waals surface area contributed by atoms with Gasteiger partial charge in [-0.2, -0.15) is 0 Å². The number of fused-ring (bicyclic) bond motifs is 1. The number of ketones is 1. The largest absolute Gasteiger partial charge is 0.365 e. The summed E-state index contributed by atoms with van der Waals surface area (Å²) in [5.74, 6) is 0.101. The van der Waals surface area contributed by atoms with Crippen LogP contribution in [0, 0.1) is 0 Å². The van der Waals surface area contributed by atoms with E-state index < -0.39 is 5.60 Å². The minimum absolute atomic E-state index is 0.101. The van der Waals surface area contributed by atoms with Gasteiger partial charge in [0.1, 0.15) is 11.7 Å². The molecule has 1 saturated heterocycles. The minimum atomic E-state index is -0.499. The summed E-state index contributed by atoms with van der Waals surface area (Å²) < 4.78 is 12.2. The Morgan fingerprint density at radius 2 is 2.05 bits per heavy atom. The molecule has 0 spiro atoms. The number of ether oxygens (including phenoxy) is 2. The third-order valence-electron chi connectivity index (χ3n) is 4.56. The molecule has 1 aliphatic heterocycles. The van der Waals surface area contributed by atoms with Crippen molar-refractivity contribution in [3.63, 3.8) is 0 Å². The Hall–Kier alpha value is -1.71. The molecule has 110 valence electrons. The van der Waals surface area contributed by atoms with E-state index in [-0.39, 0.29) is 18.0 Å². The molecule has 0 bridgehead atoms. The van der Waals surface area contributed by atoms with E-state index in [1.165, 1.54) is 0 Å². The maximum Gasteiger partial charge on any atom is 0.158 e. The molecule has 1 aromatic rings. The number of benzene rings is 1. The molecule has 0 unspecified atom stereocenters. The quantitative estimate of drug-likeness (QED) is 0.837. The van der Waals surface area contributed by atoms with Gasteiger partial charge in [-0.1, -0.05) is 36.9 Å². The van der Waals surface area contributed by atoms with Crippen LogP contribution in [0.4, 0.5) is 0 Å². The van der Waals surface area contributed by atoms with E-state index in [1.807, 2.05) is 44.2 Å². The van der Waals surface area contributed by atoms with E-state index in [0.717, 1.165) is 16.7 Å². The molecule has 0 N–H and O–H groups in total. The molecule has 3 rings (SSSR count). The van der Waals surface area contributed by atoms with Crippen LogP contribution in [0.1, 0.15) is 25.8 Å². The van der Waals surface area contributed by atoms with Gasteiger partial charge in [0.05, 0.1) is 12.7 Å². The van der Waals surface area contributed by atoms with Crippen molar-refractivity contribution in [2.24, 2.45) is 0 Å². The van der Waals surface area contributed by atoms with Gasteiger partial charge < -0.3 is 9.47 Å². The second-order valence-electron chi connectivity index (χ2n) is 5.92. The Kier molecular flexibility index (Phi) is 3.56. The normalized spacial score (nSPS) is 32.3. The predicted molar refractivity (Wildman–Crippen MR) is 81.9 cm³/mol. The number of allylic oxidation sites excluding steroid dienone is 1. The lowest BCUT2D eigenvalue weighted by molar-refractivity contribution is -0.201. The molecule has 3 heteroatoms. The van der Waals surface area contributed by atoms with Crippen LogP contribution in [0.15, 0.2) is 48.6 Å². The van der Waals surface area contributed by atoms with Crippen LogP contribution in [0.25, 0.3) is 5.57 Å². The number of rotatable bonds is 2. The minimum Gasteiger partial charge on any atom is -0.365 e. The van der Waals surface area contributed by atoms with Crippen molar-refractivity contribution < 1.29 is 14.3 Å². The lowest BCUT2D eigenvalue weighted by Crippen LogP contribution is -2.55. The zero-order valence-electron chi connectivity index (χ0n) is 12.5. The van der Waals surface area contributed by atoms with Gasteiger partial charge in [0.15, 0.2) is 5.78 Å². The lowest BCUT2D eigenvalue weighted by Gasteiger charge is -2.47. The monoisotopic (exact) mass is 284 g/mol. The summed E-state index contributed by atoms with van der Waals surface area (Å²) in [6.45, 7) is 8.53. The smallest absolute Gasteiger partial charge is 0.158 e. The highest BCUT2D eigenvalue weighted by Gasteiger charge is 2.47. The van der Waals surface area contributed by atoms with Crippen LogP contribution >= 0.6 is 0 Å². The summed E-state index contributed by atoms with van der Waals surface area (Å²) in [5, 5.41) is 0. The summed E-state index contributed by atoms with van der Waals surface area (Å²) in [5.41, 5.74) is 2.38. The van der Waals surface area contributed by atoms with Crippen molar-refractivity contribution in [2.45, 2.75) is 38.1 Å². The Morgan fingerprint density at radius 3 is 2.76 bits per heavy atom. The first kappa shape index (κ1) is 14.2. The second-order valence-corrected chi connectivity index (χ2v) is 5.92. The van der Waals surface area contributed by atoms with E-state index in [0.29, 0.717) is 13.0 Å². The van der Waals surface area contributed by atoms with Crippen LogP contribution in [-0.2, 0) is 14.3 Å². The van der Waals surface area contributed by atoms with E-state index in [1.54, 1.807) is 6.08 Å². The van der Waals surface area contributed by atoms with Gasteiger partial charge in [0.2, 0.25) is 0 Å². The van der Waals surface area contributed by atoms with E-state index in [2.05, 4.69) is 6.58 Å². The van der Waals surface area contributed by atoms with Crippen LogP contribution < -0.4 is 0 Å². The van der Waals surface area contributed by atoms with Gasteiger partial charge in [-0.15, -0.1) is 0 Å². The van der Waals surface area contributed by atoms with Crippen LogP contribution in [0.3, 0.4) is 0 Å². The molecule has 3 atom stereocenters. The number of carbonyl (C=O) groups excluding carboxylic acids is 1. The zero-order chi connectivity index (χ0) is 15.0. The second kappa shape index (κ2) is 5.24. The SMILES string of the molecule is C=C(c1ccccc1)[C@H]1CO[C@@]2(C)C(C)=CC(=O)C[C@H]2O1. The van der Waals surface area contributed by atoms with E-state index in [9.17, 15) is 4.79 Å². The molecule has 1 heterocycles. The first-order chi connectivity index (χ1) is 10.0. The van der Waals surface area contributed by atoms with Crippen molar-refractivity contribution in [1.82, 2.24) is 0 Å². The maximum atomic E-state index is 11.8. The Balaban J connectivity index is 1.81. The first-order valence-corrected chi connectivity index (χ1v) is 7.26.